The maximum absolute atomic E-state index is 12.6. The minimum Gasteiger partial charge on any atom is -0.453 e. The van der Waals surface area contributed by atoms with Crippen LogP contribution in [0.3, 0.4) is 0 Å². The van der Waals surface area contributed by atoms with Gasteiger partial charge in [0.25, 0.3) is 0 Å². The van der Waals surface area contributed by atoms with Crippen molar-refractivity contribution in [3.63, 3.8) is 0 Å². The van der Waals surface area contributed by atoms with Crippen molar-refractivity contribution in [2.75, 3.05) is 26.2 Å². The molecule has 0 radical (unpaired) electrons. The van der Waals surface area contributed by atoms with E-state index in [1.54, 1.807) is 0 Å². The third-order valence-corrected chi connectivity index (χ3v) is 5.49. The smallest absolute Gasteiger partial charge is 0.453 e. The van der Waals surface area contributed by atoms with Gasteiger partial charge in [-0.15, -0.1) is 0 Å². The second kappa shape index (κ2) is 6.00. The standard InChI is InChI=1S/C15H23F3N2O2/c16-15(17,18)13(21)22-12-11(20-8-2-1-3-9-20)10-14(12)4-6-19-7-5-14/h11-12,19H,1-10H2. The molecule has 1 spiro atoms. The molecule has 0 aromatic rings. The average Bonchev–Trinajstić information content (AvgIpc) is 2.51. The fourth-order valence-electron chi connectivity index (χ4n) is 4.26. The van der Waals surface area contributed by atoms with Crippen molar-refractivity contribution < 1.29 is 22.7 Å². The van der Waals surface area contributed by atoms with Gasteiger partial charge in [0.2, 0.25) is 0 Å². The number of ether oxygens (including phenoxy) is 1. The minimum atomic E-state index is -4.91. The minimum absolute atomic E-state index is 0.0373. The van der Waals surface area contributed by atoms with Gasteiger partial charge >= 0.3 is 12.1 Å². The number of carbonyl (C=O) groups is 1. The topological polar surface area (TPSA) is 41.6 Å². The number of alkyl halides is 3. The third kappa shape index (κ3) is 2.97. The number of likely N-dealkylation sites (tertiary alicyclic amines) is 1. The second-order valence-electron chi connectivity index (χ2n) is 6.80. The lowest BCUT2D eigenvalue weighted by Gasteiger charge is -2.59. The number of halogens is 3. The SMILES string of the molecule is O=C(OC1C(N2CCCCC2)CC12CCNCC2)C(F)(F)F. The second-order valence-corrected chi connectivity index (χ2v) is 6.80. The van der Waals surface area contributed by atoms with Gasteiger partial charge in [-0.2, -0.15) is 13.2 Å². The van der Waals surface area contributed by atoms with E-state index < -0.39 is 18.2 Å². The molecule has 3 aliphatic rings. The van der Waals surface area contributed by atoms with Crippen molar-refractivity contribution in [1.82, 2.24) is 10.2 Å². The Kier molecular flexibility index (Phi) is 4.38. The molecule has 2 heterocycles. The Bertz CT molecular complexity index is 416. The molecule has 4 nitrogen and oxygen atoms in total. The maximum Gasteiger partial charge on any atom is 0.490 e. The first kappa shape index (κ1) is 16.1. The first-order valence-electron chi connectivity index (χ1n) is 8.15. The molecule has 0 amide bonds. The highest BCUT2D eigenvalue weighted by Gasteiger charge is 2.59. The molecule has 3 rings (SSSR count). The molecule has 2 atom stereocenters. The summed E-state index contributed by atoms with van der Waals surface area (Å²) in [5.41, 5.74) is -0.256. The van der Waals surface area contributed by atoms with Crippen LogP contribution < -0.4 is 5.32 Å². The molecule has 22 heavy (non-hydrogen) atoms. The summed E-state index contributed by atoms with van der Waals surface area (Å²) in [7, 11) is 0. The van der Waals surface area contributed by atoms with Gasteiger partial charge in [0.05, 0.1) is 0 Å². The monoisotopic (exact) mass is 320 g/mol. The van der Waals surface area contributed by atoms with Gasteiger partial charge < -0.3 is 10.1 Å². The number of nitrogens with zero attached hydrogens (tertiary/aromatic N) is 1. The van der Waals surface area contributed by atoms with E-state index in [2.05, 4.69) is 10.2 Å². The highest BCUT2D eigenvalue weighted by molar-refractivity contribution is 5.76. The van der Waals surface area contributed by atoms with Crippen LogP contribution in [0.4, 0.5) is 13.2 Å². The number of piperidine rings is 2. The molecule has 2 aliphatic heterocycles. The van der Waals surface area contributed by atoms with E-state index in [4.69, 9.17) is 4.74 Å². The first-order chi connectivity index (χ1) is 10.4. The lowest BCUT2D eigenvalue weighted by Crippen LogP contribution is -2.67. The van der Waals surface area contributed by atoms with Crippen LogP contribution in [0.1, 0.15) is 38.5 Å². The summed E-state index contributed by atoms with van der Waals surface area (Å²) < 4.78 is 42.8. The molecule has 0 aromatic carbocycles. The van der Waals surface area contributed by atoms with Crippen LogP contribution in [-0.2, 0) is 9.53 Å². The Hall–Kier alpha value is -0.820. The van der Waals surface area contributed by atoms with Crippen molar-refractivity contribution in [3.05, 3.63) is 0 Å². The predicted molar refractivity (Wildman–Crippen MR) is 74.3 cm³/mol. The molecule has 126 valence electrons. The van der Waals surface area contributed by atoms with E-state index in [1.807, 2.05) is 0 Å². The number of carbonyl (C=O) groups excluding carboxylic acids is 1. The van der Waals surface area contributed by atoms with Gasteiger partial charge in [-0.1, -0.05) is 6.42 Å². The van der Waals surface area contributed by atoms with Crippen molar-refractivity contribution in [2.45, 2.75) is 56.8 Å². The van der Waals surface area contributed by atoms with Crippen LogP contribution in [0, 0.1) is 5.41 Å². The largest absolute Gasteiger partial charge is 0.490 e. The van der Waals surface area contributed by atoms with E-state index in [0.717, 1.165) is 58.3 Å². The lowest BCUT2D eigenvalue weighted by molar-refractivity contribution is -0.234. The summed E-state index contributed by atoms with van der Waals surface area (Å²) >= 11 is 0. The van der Waals surface area contributed by atoms with Gasteiger partial charge in [-0.3, -0.25) is 4.90 Å². The summed E-state index contributed by atoms with van der Waals surface area (Å²) in [6.45, 7) is 3.37. The molecule has 0 bridgehead atoms. The van der Waals surface area contributed by atoms with Crippen LogP contribution in [-0.4, -0.2) is 55.4 Å². The molecule has 2 unspecified atom stereocenters. The molecule has 7 heteroatoms. The Morgan fingerprint density at radius 3 is 2.36 bits per heavy atom. The number of rotatable bonds is 2. The van der Waals surface area contributed by atoms with E-state index in [1.165, 1.54) is 6.42 Å². The van der Waals surface area contributed by atoms with Crippen molar-refractivity contribution in [3.8, 4) is 0 Å². The Balaban J connectivity index is 1.72. The number of esters is 1. The maximum atomic E-state index is 12.6. The quantitative estimate of drug-likeness (QED) is 0.791. The summed E-state index contributed by atoms with van der Waals surface area (Å²) in [5, 5.41) is 3.23. The van der Waals surface area contributed by atoms with Crippen molar-refractivity contribution in [2.24, 2.45) is 5.41 Å². The molecule has 2 saturated heterocycles. The van der Waals surface area contributed by atoms with Crippen LogP contribution in [0.2, 0.25) is 0 Å². The average molecular weight is 320 g/mol. The molecule has 1 N–H and O–H groups in total. The fraction of sp³-hybridized carbons (Fsp3) is 0.933. The molecule has 0 aromatic heterocycles. The zero-order chi connectivity index (χ0) is 15.8. The van der Waals surface area contributed by atoms with E-state index >= 15 is 0 Å². The summed E-state index contributed by atoms with van der Waals surface area (Å²) in [6.07, 6.45) is 0.226. The number of hydrogen-bond donors (Lipinski definition) is 1. The summed E-state index contributed by atoms with van der Waals surface area (Å²) in [5.74, 6) is -2.03. The third-order valence-electron chi connectivity index (χ3n) is 5.49. The lowest BCUT2D eigenvalue weighted by atomic mass is 9.57. The Morgan fingerprint density at radius 2 is 1.77 bits per heavy atom. The highest BCUT2D eigenvalue weighted by atomic mass is 19.4. The highest BCUT2D eigenvalue weighted by Crippen LogP contribution is 2.52. The van der Waals surface area contributed by atoms with Crippen LogP contribution in [0.15, 0.2) is 0 Å². The van der Waals surface area contributed by atoms with Crippen molar-refractivity contribution in [1.29, 1.82) is 0 Å². The van der Waals surface area contributed by atoms with Crippen molar-refractivity contribution >= 4 is 5.97 Å². The molecule has 1 aliphatic carbocycles. The molecule has 1 saturated carbocycles. The molecular formula is C15H23F3N2O2. The Morgan fingerprint density at radius 1 is 1.14 bits per heavy atom. The van der Waals surface area contributed by atoms with E-state index in [-0.39, 0.29) is 11.5 Å². The normalized spacial score (nSPS) is 32.5. The molecule has 3 fully saturated rings. The van der Waals surface area contributed by atoms with Gasteiger partial charge in [0.15, 0.2) is 0 Å². The first-order valence-corrected chi connectivity index (χ1v) is 8.15. The van der Waals surface area contributed by atoms with E-state index in [9.17, 15) is 18.0 Å². The number of nitrogens with one attached hydrogen (secondary N) is 1. The van der Waals surface area contributed by atoms with Crippen LogP contribution in [0.5, 0.6) is 0 Å². The van der Waals surface area contributed by atoms with E-state index in [0.29, 0.717) is 0 Å². The van der Waals surface area contributed by atoms with Crippen LogP contribution in [0.25, 0.3) is 0 Å². The zero-order valence-electron chi connectivity index (χ0n) is 12.6. The fourth-order valence-corrected chi connectivity index (χ4v) is 4.26. The number of hydrogen-bond acceptors (Lipinski definition) is 4. The Labute approximate surface area is 128 Å². The molecular weight excluding hydrogens is 297 g/mol. The zero-order valence-corrected chi connectivity index (χ0v) is 12.6. The van der Waals surface area contributed by atoms with Gasteiger partial charge in [0.1, 0.15) is 6.10 Å². The summed E-state index contributed by atoms with van der Waals surface area (Å²) in [6, 6.07) is -0.0373. The summed E-state index contributed by atoms with van der Waals surface area (Å²) in [4.78, 5) is 13.6. The predicted octanol–water partition coefficient (Wildman–Crippen LogP) is 2.09. The van der Waals surface area contributed by atoms with Gasteiger partial charge in [0, 0.05) is 11.5 Å². The van der Waals surface area contributed by atoms with Crippen LogP contribution >= 0.6 is 0 Å². The van der Waals surface area contributed by atoms with Gasteiger partial charge in [-0.25, -0.2) is 4.79 Å². The van der Waals surface area contributed by atoms with Gasteiger partial charge in [-0.05, 0) is 58.3 Å².